The summed E-state index contributed by atoms with van der Waals surface area (Å²) in [6.07, 6.45) is 2.33. The van der Waals surface area contributed by atoms with Crippen LogP contribution in [0.3, 0.4) is 0 Å². The Morgan fingerprint density at radius 1 is 1.14 bits per heavy atom. The summed E-state index contributed by atoms with van der Waals surface area (Å²) in [5.41, 5.74) is 1.25. The number of likely N-dealkylation sites (N-methyl/N-ethyl adjacent to an activating group) is 1. The number of ether oxygens (including phenoxy) is 1. The van der Waals surface area contributed by atoms with E-state index in [0.29, 0.717) is 6.04 Å². The van der Waals surface area contributed by atoms with E-state index in [1.807, 2.05) is 19.2 Å². The Morgan fingerprint density at radius 3 is 2.29 bits per heavy atom. The number of guanidine groups is 1. The van der Waals surface area contributed by atoms with E-state index in [2.05, 4.69) is 72.4 Å². The number of aliphatic imine (C=N–C) groups is 1. The molecule has 0 saturated carbocycles. The standard InChI is InChI=1S/C22H41N5O/c1-8-27(9-2)16-10-11-18(3)25-22(23-4)24-17-21(26(5)6)19-12-14-20(28-7)15-13-19/h12-15,18,21H,8-11,16-17H2,1-7H3,(H2,23,24,25). The first-order valence-corrected chi connectivity index (χ1v) is 10.4. The molecule has 0 amide bonds. The summed E-state index contributed by atoms with van der Waals surface area (Å²) in [6, 6.07) is 8.91. The molecule has 0 aromatic heterocycles. The smallest absolute Gasteiger partial charge is 0.191 e. The second-order valence-electron chi connectivity index (χ2n) is 7.42. The van der Waals surface area contributed by atoms with Crippen molar-refractivity contribution in [2.45, 2.75) is 45.7 Å². The van der Waals surface area contributed by atoms with Gasteiger partial charge in [-0.25, -0.2) is 0 Å². The fourth-order valence-electron chi connectivity index (χ4n) is 3.28. The Bertz CT molecular complexity index is 555. The van der Waals surface area contributed by atoms with Gasteiger partial charge in [0.1, 0.15) is 5.75 Å². The van der Waals surface area contributed by atoms with E-state index in [-0.39, 0.29) is 6.04 Å². The van der Waals surface area contributed by atoms with Gasteiger partial charge in [0.25, 0.3) is 0 Å². The molecule has 6 nitrogen and oxygen atoms in total. The molecule has 28 heavy (non-hydrogen) atoms. The molecule has 0 spiro atoms. The summed E-state index contributed by atoms with van der Waals surface area (Å²) in [6.45, 7) is 10.9. The minimum atomic E-state index is 0.252. The molecule has 0 heterocycles. The van der Waals surface area contributed by atoms with Crippen molar-refractivity contribution in [3.05, 3.63) is 29.8 Å². The zero-order valence-electron chi connectivity index (χ0n) is 19.0. The van der Waals surface area contributed by atoms with E-state index in [9.17, 15) is 0 Å². The lowest BCUT2D eigenvalue weighted by molar-refractivity contribution is 0.291. The number of hydrogen-bond donors (Lipinski definition) is 2. The Hall–Kier alpha value is -1.79. The Kier molecular flexibility index (Phi) is 11.6. The Balaban J connectivity index is 2.53. The SMILES string of the molecule is CCN(CC)CCCC(C)NC(=NC)NCC(c1ccc(OC)cc1)N(C)C. The first kappa shape index (κ1) is 24.2. The van der Waals surface area contributed by atoms with Crippen molar-refractivity contribution in [2.24, 2.45) is 4.99 Å². The van der Waals surface area contributed by atoms with E-state index in [0.717, 1.165) is 44.3 Å². The highest BCUT2D eigenvalue weighted by atomic mass is 16.5. The monoisotopic (exact) mass is 391 g/mol. The summed E-state index contributed by atoms with van der Waals surface area (Å²) in [7, 11) is 7.72. The van der Waals surface area contributed by atoms with Gasteiger partial charge in [-0.3, -0.25) is 4.99 Å². The maximum atomic E-state index is 5.27. The molecule has 0 aliphatic heterocycles. The summed E-state index contributed by atoms with van der Waals surface area (Å²) in [5.74, 6) is 1.74. The Labute approximate surface area is 172 Å². The largest absolute Gasteiger partial charge is 0.497 e. The summed E-state index contributed by atoms with van der Waals surface area (Å²) in [5, 5.41) is 7.01. The zero-order valence-corrected chi connectivity index (χ0v) is 19.0. The molecule has 160 valence electrons. The van der Waals surface area contributed by atoms with Gasteiger partial charge in [0.05, 0.1) is 13.2 Å². The lowest BCUT2D eigenvalue weighted by Crippen LogP contribution is -2.45. The highest BCUT2D eigenvalue weighted by Crippen LogP contribution is 2.20. The van der Waals surface area contributed by atoms with Crippen LogP contribution in [0.25, 0.3) is 0 Å². The van der Waals surface area contributed by atoms with Crippen molar-refractivity contribution in [3.8, 4) is 5.75 Å². The third kappa shape index (κ3) is 8.48. The van der Waals surface area contributed by atoms with Gasteiger partial charge >= 0.3 is 0 Å². The second kappa shape index (κ2) is 13.4. The van der Waals surface area contributed by atoms with Crippen molar-refractivity contribution in [1.29, 1.82) is 0 Å². The summed E-state index contributed by atoms with van der Waals surface area (Å²) >= 11 is 0. The third-order valence-electron chi connectivity index (χ3n) is 5.20. The van der Waals surface area contributed by atoms with Crippen LogP contribution in [0.2, 0.25) is 0 Å². The molecule has 1 aromatic carbocycles. The molecule has 0 aliphatic carbocycles. The molecule has 0 saturated heterocycles. The molecule has 1 aromatic rings. The van der Waals surface area contributed by atoms with Crippen LogP contribution in [0.5, 0.6) is 5.75 Å². The summed E-state index contributed by atoms with van der Waals surface area (Å²) < 4.78 is 5.27. The van der Waals surface area contributed by atoms with E-state index >= 15 is 0 Å². The molecule has 2 atom stereocenters. The number of hydrogen-bond acceptors (Lipinski definition) is 4. The topological polar surface area (TPSA) is 52.1 Å². The first-order valence-electron chi connectivity index (χ1n) is 10.4. The normalized spacial score (nSPS) is 14.2. The quantitative estimate of drug-likeness (QED) is 0.424. The number of benzene rings is 1. The minimum Gasteiger partial charge on any atom is -0.497 e. The van der Waals surface area contributed by atoms with Crippen LogP contribution < -0.4 is 15.4 Å². The molecule has 2 N–H and O–H groups in total. The molecule has 0 fully saturated rings. The van der Waals surface area contributed by atoms with Gasteiger partial charge in [-0.15, -0.1) is 0 Å². The fourth-order valence-corrected chi connectivity index (χ4v) is 3.28. The van der Waals surface area contributed by atoms with Gasteiger partial charge in [-0.1, -0.05) is 26.0 Å². The molecule has 0 aliphatic rings. The van der Waals surface area contributed by atoms with Gasteiger partial charge in [-0.2, -0.15) is 0 Å². The predicted molar refractivity (Wildman–Crippen MR) is 120 cm³/mol. The van der Waals surface area contributed by atoms with Crippen LogP contribution >= 0.6 is 0 Å². The maximum Gasteiger partial charge on any atom is 0.191 e. The van der Waals surface area contributed by atoms with Gasteiger partial charge in [0, 0.05) is 19.6 Å². The number of rotatable bonds is 12. The molecular formula is C22H41N5O. The van der Waals surface area contributed by atoms with Crippen molar-refractivity contribution >= 4 is 5.96 Å². The van der Waals surface area contributed by atoms with Gasteiger partial charge in [-0.05, 0) is 71.2 Å². The zero-order chi connectivity index (χ0) is 20.9. The Morgan fingerprint density at radius 2 is 1.79 bits per heavy atom. The average molecular weight is 392 g/mol. The van der Waals surface area contributed by atoms with Crippen LogP contribution in [-0.2, 0) is 0 Å². The molecule has 6 heteroatoms. The predicted octanol–water partition coefficient (Wildman–Crippen LogP) is 2.97. The van der Waals surface area contributed by atoms with Crippen molar-refractivity contribution < 1.29 is 4.74 Å². The lowest BCUT2D eigenvalue weighted by Gasteiger charge is -2.27. The van der Waals surface area contributed by atoms with Crippen LogP contribution in [-0.4, -0.2) is 76.2 Å². The fraction of sp³-hybridized carbons (Fsp3) is 0.682. The van der Waals surface area contributed by atoms with E-state index < -0.39 is 0 Å². The molecule has 0 bridgehead atoms. The van der Waals surface area contributed by atoms with E-state index in [1.54, 1.807) is 7.11 Å². The van der Waals surface area contributed by atoms with Crippen molar-refractivity contribution in [3.63, 3.8) is 0 Å². The van der Waals surface area contributed by atoms with Crippen LogP contribution in [0.1, 0.15) is 45.2 Å². The van der Waals surface area contributed by atoms with Crippen molar-refractivity contribution in [2.75, 3.05) is 54.4 Å². The second-order valence-corrected chi connectivity index (χ2v) is 7.42. The van der Waals surface area contributed by atoms with Gasteiger partial charge in [0.15, 0.2) is 5.96 Å². The first-order chi connectivity index (χ1) is 13.4. The lowest BCUT2D eigenvalue weighted by atomic mass is 10.1. The molecular weight excluding hydrogens is 350 g/mol. The van der Waals surface area contributed by atoms with Crippen LogP contribution in [0.15, 0.2) is 29.3 Å². The van der Waals surface area contributed by atoms with Crippen molar-refractivity contribution in [1.82, 2.24) is 20.4 Å². The maximum absolute atomic E-state index is 5.27. The number of nitrogens with one attached hydrogen (secondary N) is 2. The minimum absolute atomic E-state index is 0.252. The van der Waals surface area contributed by atoms with Crippen LogP contribution in [0.4, 0.5) is 0 Å². The third-order valence-corrected chi connectivity index (χ3v) is 5.20. The van der Waals surface area contributed by atoms with Gasteiger partial charge < -0.3 is 25.2 Å². The number of nitrogens with zero attached hydrogens (tertiary/aromatic N) is 3. The van der Waals surface area contributed by atoms with E-state index in [4.69, 9.17) is 4.74 Å². The van der Waals surface area contributed by atoms with Crippen LogP contribution in [0, 0.1) is 0 Å². The molecule has 2 unspecified atom stereocenters. The number of methoxy groups -OCH3 is 1. The van der Waals surface area contributed by atoms with E-state index in [1.165, 1.54) is 12.0 Å². The molecule has 1 rings (SSSR count). The highest BCUT2D eigenvalue weighted by Gasteiger charge is 2.15. The summed E-state index contributed by atoms with van der Waals surface area (Å²) in [4.78, 5) is 9.09. The highest BCUT2D eigenvalue weighted by molar-refractivity contribution is 5.79. The average Bonchev–Trinajstić information content (AvgIpc) is 2.70. The van der Waals surface area contributed by atoms with Gasteiger partial charge in [0.2, 0.25) is 0 Å². The molecule has 0 radical (unpaired) electrons.